The van der Waals surface area contributed by atoms with Gasteiger partial charge in [0.25, 0.3) is 5.91 Å². The van der Waals surface area contributed by atoms with Crippen molar-refractivity contribution in [2.75, 3.05) is 23.5 Å². The van der Waals surface area contributed by atoms with Gasteiger partial charge in [-0.3, -0.25) is 9.59 Å². The summed E-state index contributed by atoms with van der Waals surface area (Å²) in [5.74, 6) is 0.0875. The molecule has 1 aliphatic heterocycles. The van der Waals surface area contributed by atoms with Gasteiger partial charge in [0, 0.05) is 10.5 Å². The highest BCUT2D eigenvalue weighted by atomic mass is 79.9. The molecule has 25 heavy (non-hydrogen) atoms. The van der Waals surface area contributed by atoms with Crippen molar-refractivity contribution in [1.29, 1.82) is 0 Å². The first kappa shape index (κ1) is 20.3. The molecule has 1 aromatic carbocycles. The largest absolute Gasteiger partial charge is 0.351 e. The second-order valence-corrected chi connectivity index (χ2v) is 9.96. The Morgan fingerprint density at radius 2 is 2.08 bits per heavy atom. The third-order valence-corrected chi connectivity index (χ3v) is 7.03. The van der Waals surface area contributed by atoms with E-state index in [0.29, 0.717) is 28.6 Å². The summed E-state index contributed by atoms with van der Waals surface area (Å²) in [6.45, 7) is 0. The van der Waals surface area contributed by atoms with Crippen molar-refractivity contribution >= 4 is 49.3 Å². The lowest BCUT2D eigenvalue weighted by Gasteiger charge is -2.20. The Kier molecular flexibility index (Phi) is 7.33. The van der Waals surface area contributed by atoms with Crippen molar-refractivity contribution in [2.24, 2.45) is 0 Å². The predicted molar refractivity (Wildman–Crippen MR) is 104 cm³/mol. The number of benzene rings is 1. The zero-order valence-corrected chi connectivity index (χ0v) is 17.0. The van der Waals surface area contributed by atoms with E-state index in [9.17, 15) is 18.0 Å². The van der Waals surface area contributed by atoms with E-state index < -0.39 is 15.9 Å². The van der Waals surface area contributed by atoms with Crippen LogP contribution in [0.4, 0.5) is 0 Å². The minimum absolute atomic E-state index is 0.0355. The van der Waals surface area contributed by atoms with Crippen LogP contribution in [-0.2, 0) is 14.6 Å². The van der Waals surface area contributed by atoms with Crippen LogP contribution in [0.3, 0.4) is 0 Å². The molecule has 2 rings (SSSR count). The van der Waals surface area contributed by atoms with E-state index >= 15 is 0 Å². The van der Waals surface area contributed by atoms with Gasteiger partial charge in [-0.2, -0.15) is 11.8 Å². The average molecular weight is 449 g/mol. The van der Waals surface area contributed by atoms with Gasteiger partial charge in [-0.25, -0.2) is 8.42 Å². The first-order valence-corrected chi connectivity index (χ1v) is 11.9. The third-order valence-electron chi connectivity index (χ3n) is 3.93. The maximum Gasteiger partial charge on any atom is 0.253 e. The number of thioether (sulfide) groups is 1. The number of carbonyl (C=O) groups is 2. The Labute approximate surface area is 160 Å². The molecule has 0 radical (unpaired) electrons. The van der Waals surface area contributed by atoms with Gasteiger partial charge in [-0.15, -0.1) is 0 Å². The van der Waals surface area contributed by atoms with E-state index in [4.69, 9.17) is 0 Å². The first-order chi connectivity index (χ1) is 11.8. The van der Waals surface area contributed by atoms with Crippen molar-refractivity contribution in [2.45, 2.75) is 24.9 Å². The lowest BCUT2D eigenvalue weighted by molar-refractivity contribution is -0.123. The zero-order valence-electron chi connectivity index (χ0n) is 13.8. The number of nitrogens with one attached hydrogen (secondary N) is 2. The fourth-order valence-corrected chi connectivity index (χ4v) is 5.21. The molecule has 0 spiro atoms. The molecule has 0 aromatic heterocycles. The molecule has 1 saturated heterocycles. The summed E-state index contributed by atoms with van der Waals surface area (Å²) in [5.41, 5.74) is 0.452. The normalized spacial score (nSPS) is 20.0. The fraction of sp³-hybridized carbons (Fsp3) is 0.500. The van der Waals surface area contributed by atoms with Crippen LogP contribution in [0.1, 0.15) is 23.2 Å². The van der Waals surface area contributed by atoms with Crippen LogP contribution in [0, 0.1) is 0 Å². The van der Waals surface area contributed by atoms with Gasteiger partial charge >= 0.3 is 0 Å². The summed E-state index contributed by atoms with van der Waals surface area (Å²) in [6.07, 6.45) is 2.82. The van der Waals surface area contributed by atoms with Crippen LogP contribution in [0.15, 0.2) is 28.7 Å². The quantitative estimate of drug-likeness (QED) is 0.660. The molecule has 2 amide bonds. The minimum Gasteiger partial charge on any atom is -0.351 e. The Morgan fingerprint density at radius 3 is 2.68 bits per heavy atom. The molecule has 2 N–H and O–H groups in total. The van der Waals surface area contributed by atoms with E-state index in [-0.39, 0.29) is 29.4 Å². The highest BCUT2D eigenvalue weighted by molar-refractivity contribution is 9.10. The number of rotatable bonds is 7. The first-order valence-electron chi connectivity index (χ1n) is 7.87. The van der Waals surface area contributed by atoms with Crippen LogP contribution in [0.25, 0.3) is 0 Å². The molecule has 1 aliphatic rings. The molecule has 1 heterocycles. The molecule has 1 fully saturated rings. The summed E-state index contributed by atoms with van der Waals surface area (Å²) in [5, 5.41) is 5.52. The predicted octanol–water partition coefficient (Wildman–Crippen LogP) is 1.60. The number of amides is 2. The summed E-state index contributed by atoms with van der Waals surface area (Å²) < 4.78 is 23.7. The molecule has 2 unspecified atom stereocenters. The molecule has 1 aromatic rings. The highest BCUT2D eigenvalue weighted by Crippen LogP contribution is 2.16. The van der Waals surface area contributed by atoms with Gasteiger partial charge < -0.3 is 10.6 Å². The van der Waals surface area contributed by atoms with Gasteiger partial charge in [-0.1, -0.05) is 12.1 Å². The molecule has 0 bridgehead atoms. The van der Waals surface area contributed by atoms with Crippen molar-refractivity contribution in [3.05, 3.63) is 34.3 Å². The van der Waals surface area contributed by atoms with Crippen molar-refractivity contribution in [3.8, 4) is 0 Å². The second-order valence-electron chi connectivity index (χ2n) is 5.90. The average Bonchev–Trinajstić information content (AvgIpc) is 2.90. The molecule has 0 saturated carbocycles. The van der Waals surface area contributed by atoms with Gasteiger partial charge in [-0.05, 0) is 52.9 Å². The van der Waals surface area contributed by atoms with Crippen molar-refractivity contribution < 1.29 is 18.0 Å². The van der Waals surface area contributed by atoms with E-state index in [0.717, 1.165) is 0 Å². The van der Waals surface area contributed by atoms with Gasteiger partial charge in [0.05, 0.1) is 17.1 Å². The zero-order chi connectivity index (χ0) is 18.4. The number of hydrogen-bond acceptors (Lipinski definition) is 5. The molecule has 138 valence electrons. The second kappa shape index (κ2) is 9.05. The number of halogens is 1. The van der Waals surface area contributed by atoms with Gasteiger partial charge in [0.15, 0.2) is 9.84 Å². The van der Waals surface area contributed by atoms with Gasteiger partial charge in [0.2, 0.25) is 5.91 Å². The van der Waals surface area contributed by atoms with E-state index in [2.05, 4.69) is 26.6 Å². The molecule has 9 heteroatoms. The topological polar surface area (TPSA) is 92.3 Å². The molecule has 0 aliphatic carbocycles. The molecular formula is C16H21BrN2O4S2. The molecular weight excluding hydrogens is 428 g/mol. The highest BCUT2D eigenvalue weighted by Gasteiger charge is 2.31. The van der Waals surface area contributed by atoms with Crippen LogP contribution >= 0.6 is 27.7 Å². The minimum atomic E-state index is -3.07. The lowest BCUT2D eigenvalue weighted by Crippen LogP contribution is -2.50. The lowest BCUT2D eigenvalue weighted by atomic mass is 10.1. The third kappa shape index (κ3) is 6.00. The monoisotopic (exact) mass is 448 g/mol. The Hall–Kier alpha value is -1.06. The summed E-state index contributed by atoms with van der Waals surface area (Å²) >= 11 is 4.91. The summed E-state index contributed by atoms with van der Waals surface area (Å²) in [6, 6.07) is 5.91. The Morgan fingerprint density at radius 1 is 1.36 bits per heavy atom. The smallest absolute Gasteiger partial charge is 0.253 e. The van der Waals surface area contributed by atoms with E-state index in [1.54, 1.807) is 36.0 Å². The van der Waals surface area contributed by atoms with Gasteiger partial charge in [0.1, 0.15) is 6.04 Å². The Bertz CT molecular complexity index is 739. The Balaban J connectivity index is 2.03. The van der Waals surface area contributed by atoms with Crippen molar-refractivity contribution in [1.82, 2.24) is 10.6 Å². The number of sulfone groups is 1. The standard InChI is InChI=1S/C16H21BrN2O4S2/c1-24-8-6-14(16(21)18-11-7-9-25(22,23)10-11)19-15(20)12-4-2-3-5-13(12)17/h2-5,11,14H,6-10H2,1H3,(H,18,21)(H,19,20). The summed E-state index contributed by atoms with van der Waals surface area (Å²) in [7, 11) is -3.07. The number of hydrogen-bond donors (Lipinski definition) is 2. The van der Waals surface area contributed by atoms with Crippen LogP contribution in [0.2, 0.25) is 0 Å². The molecule has 6 nitrogen and oxygen atoms in total. The van der Waals surface area contributed by atoms with Crippen molar-refractivity contribution in [3.63, 3.8) is 0 Å². The maximum atomic E-state index is 12.5. The van der Waals surface area contributed by atoms with E-state index in [1.165, 1.54) is 0 Å². The van der Waals surface area contributed by atoms with Crippen LogP contribution in [0.5, 0.6) is 0 Å². The summed E-state index contributed by atoms with van der Waals surface area (Å²) in [4.78, 5) is 25.0. The van der Waals surface area contributed by atoms with Crippen LogP contribution < -0.4 is 10.6 Å². The molecule has 2 atom stereocenters. The van der Waals surface area contributed by atoms with E-state index in [1.807, 2.05) is 6.26 Å². The SMILES string of the molecule is CSCCC(NC(=O)c1ccccc1Br)C(=O)NC1CCS(=O)(=O)C1. The fourth-order valence-electron chi connectivity index (χ4n) is 2.60. The number of carbonyl (C=O) groups excluding carboxylic acids is 2. The maximum absolute atomic E-state index is 12.5. The van der Waals surface area contributed by atoms with Crippen LogP contribution in [-0.4, -0.2) is 55.8 Å².